The van der Waals surface area contributed by atoms with Gasteiger partial charge in [0.25, 0.3) is 0 Å². The number of rotatable bonds is 1. The Labute approximate surface area is 104 Å². The highest BCUT2D eigenvalue weighted by Crippen LogP contribution is 2.26. The molecule has 1 aromatic heterocycles. The van der Waals surface area contributed by atoms with E-state index in [1.165, 1.54) is 6.07 Å². The second-order valence-corrected chi connectivity index (χ2v) is 5.03. The first-order valence-corrected chi connectivity index (χ1v) is 6.15. The Morgan fingerprint density at radius 3 is 3.00 bits per heavy atom. The van der Waals surface area contributed by atoms with Crippen molar-refractivity contribution in [3.63, 3.8) is 0 Å². The number of imidazole rings is 1. The molecule has 0 saturated carbocycles. The maximum atomic E-state index is 13.6. The van der Waals surface area contributed by atoms with Crippen molar-refractivity contribution in [1.82, 2.24) is 14.5 Å². The van der Waals surface area contributed by atoms with Crippen molar-refractivity contribution in [2.75, 3.05) is 20.1 Å². The molecule has 5 heteroatoms. The molecule has 2 aromatic rings. The number of aromatic amines is 1. The fourth-order valence-corrected chi connectivity index (χ4v) is 2.95. The van der Waals surface area contributed by atoms with Crippen LogP contribution >= 0.6 is 12.2 Å². The lowest BCUT2D eigenvalue weighted by Crippen LogP contribution is -2.16. The van der Waals surface area contributed by atoms with Gasteiger partial charge in [-0.25, -0.2) is 4.39 Å². The van der Waals surface area contributed by atoms with Crippen LogP contribution in [0.15, 0.2) is 18.2 Å². The average Bonchev–Trinajstić information content (AvgIpc) is 2.82. The van der Waals surface area contributed by atoms with Crippen molar-refractivity contribution < 1.29 is 4.39 Å². The number of H-pyrrole nitrogens is 1. The quantitative estimate of drug-likeness (QED) is 0.788. The van der Waals surface area contributed by atoms with Crippen LogP contribution in [0.4, 0.5) is 4.39 Å². The maximum Gasteiger partial charge on any atom is 0.178 e. The van der Waals surface area contributed by atoms with E-state index in [9.17, 15) is 4.39 Å². The van der Waals surface area contributed by atoms with Gasteiger partial charge in [0.2, 0.25) is 0 Å². The molecule has 2 heterocycles. The third-order valence-corrected chi connectivity index (χ3v) is 3.73. The highest BCUT2D eigenvalue weighted by molar-refractivity contribution is 7.71. The zero-order valence-corrected chi connectivity index (χ0v) is 10.4. The summed E-state index contributed by atoms with van der Waals surface area (Å²) < 4.78 is 16.3. The third kappa shape index (κ3) is 1.70. The van der Waals surface area contributed by atoms with Gasteiger partial charge in [-0.2, -0.15) is 0 Å². The number of aromatic nitrogens is 2. The molecule has 90 valence electrons. The second-order valence-electron chi connectivity index (χ2n) is 4.64. The van der Waals surface area contributed by atoms with E-state index in [4.69, 9.17) is 12.2 Å². The van der Waals surface area contributed by atoms with Crippen molar-refractivity contribution in [1.29, 1.82) is 0 Å². The number of hydrogen-bond donors (Lipinski definition) is 1. The topological polar surface area (TPSA) is 24.0 Å². The molecule has 3 nitrogen and oxygen atoms in total. The van der Waals surface area contributed by atoms with Crippen LogP contribution in [0.2, 0.25) is 0 Å². The third-order valence-electron chi connectivity index (χ3n) is 3.43. The number of hydrogen-bond acceptors (Lipinski definition) is 2. The first-order valence-electron chi connectivity index (χ1n) is 5.74. The number of likely N-dealkylation sites (tertiary alicyclic amines) is 1. The van der Waals surface area contributed by atoms with Crippen molar-refractivity contribution >= 4 is 23.3 Å². The smallest absolute Gasteiger partial charge is 0.178 e. The van der Waals surface area contributed by atoms with Crippen LogP contribution < -0.4 is 0 Å². The number of likely N-dealkylation sites (N-methyl/N-ethyl adjacent to an activating group) is 1. The van der Waals surface area contributed by atoms with Crippen LogP contribution in [0.3, 0.4) is 0 Å². The molecule has 1 atom stereocenters. The van der Waals surface area contributed by atoms with Crippen molar-refractivity contribution in [2.24, 2.45) is 0 Å². The lowest BCUT2D eigenvalue weighted by molar-refractivity contribution is 0.394. The van der Waals surface area contributed by atoms with Gasteiger partial charge >= 0.3 is 0 Å². The summed E-state index contributed by atoms with van der Waals surface area (Å²) in [6.07, 6.45) is 1.06. The van der Waals surface area contributed by atoms with Gasteiger partial charge in [0.15, 0.2) is 4.77 Å². The summed E-state index contributed by atoms with van der Waals surface area (Å²) in [5.41, 5.74) is 1.39. The molecule has 0 spiro atoms. The summed E-state index contributed by atoms with van der Waals surface area (Å²) in [7, 11) is 2.10. The van der Waals surface area contributed by atoms with E-state index in [2.05, 4.69) is 21.5 Å². The second kappa shape index (κ2) is 3.92. The predicted octanol–water partition coefficient (Wildman–Crippen LogP) is 2.71. The highest BCUT2D eigenvalue weighted by Gasteiger charge is 2.23. The maximum absolute atomic E-state index is 13.6. The standard InChI is InChI=1S/C12H14FN3S/c1-15-6-5-8(7-15)16-10-4-2-3-9(13)11(10)14-12(16)17/h2-4,8H,5-7H2,1H3,(H,14,17). The van der Waals surface area contributed by atoms with Crippen LogP contribution in [0.5, 0.6) is 0 Å². The Morgan fingerprint density at radius 2 is 2.29 bits per heavy atom. The molecule has 0 radical (unpaired) electrons. The molecule has 0 amide bonds. The molecule has 1 aliphatic rings. The van der Waals surface area contributed by atoms with Crippen molar-refractivity contribution in [3.8, 4) is 0 Å². The molecule has 3 rings (SSSR count). The van der Waals surface area contributed by atoms with E-state index in [0.29, 0.717) is 16.3 Å². The molecule has 0 bridgehead atoms. The molecular formula is C12H14FN3S. The Bertz CT molecular complexity index is 616. The lowest BCUT2D eigenvalue weighted by atomic mass is 10.2. The number of para-hydroxylation sites is 1. The summed E-state index contributed by atoms with van der Waals surface area (Å²) in [5.74, 6) is -0.237. The minimum atomic E-state index is -0.237. The van der Waals surface area contributed by atoms with Crippen molar-refractivity contribution in [3.05, 3.63) is 28.8 Å². The Kier molecular flexibility index (Phi) is 2.52. The lowest BCUT2D eigenvalue weighted by Gasteiger charge is -2.13. The zero-order chi connectivity index (χ0) is 12.0. The van der Waals surface area contributed by atoms with Crippen LogP contribution in [0.1, 0.15) is 12.5 Å². The van der Waals surface area contributed by atoms with Crippen LogP contribution in [0, 0.1) is 10.6 Å². The van der Waals surface area contributed by atoms with E-state index in [1.807, 2.05) is 6.07 Å². The Balaban J connectivity index is 2.19. The van der Waals surface area contributed by atoms with Gasteiger partial charge in [0, 0.05) is 6.54 Å². The largest absolute Gasteiger partial charge is 0.328 e. The summed E-state index contributed by atoms with van der Waals surface area (Å²) in [4.78, 5) is 5.24. The van der Waals surface area contributed by atoms with Crippen molar-refractivity contribution in [2.45, 2.75) is 12.5 Å². The summed E-state index contributed by atoms with van der Waals surface area (Å²) in [5, 5.41) is 0. The van der Waals surface area contributed by atoms with Crippen LogP contribution in [-0.2, 0) is 0 Å². The molecule has 17 heavy (non-hydrogen) atoms. The molecule has 1 aromatic carbocycles. The Hall–Kier alpha value is -1.20. The van der Waals surface area contributed by atoms with Gasteiger partial charge in [0.05, 0.1) is 11.6 Å². The summed E-state index contributed by atoms with van der Waals surface area (Å²) in [6.45, 7) is 2.03. The summed E-state index contributed by atoms with van der Waals surface area (Å²) in [6, 6.07) is 5.46. The molecule has 1 fully saturated rings. The molecule has 0 aliphatic carbocycles. The summed E-state index contributed by atoms with van der Waals surface area (Å²) >= 11 is 5.31. The van der Waals surface area contributed by atoms with Gasteiger partial charge in [-0.15, -0.1) is 0 Å². The number of halogens is 1. The fourth-order valence-electron chi connectivity index (χ4n) is 2.60. The first-order chi connectivity index (χ1) is 8.16. The van der Waals surface area contributed by atoms with E-state index in [-0.39, 0.29) is 5.82 Å². The molecule has 1 aliphatic heterocycles. The monoisotopic (exact) mass is 251 g/mol. The Morgan fingerprint density at radius 1 is 1.47 bits per heavy atom. The highest BCUT2D eigenvalue weighted by atomic mass is 32.1. The van der Waals surface area contributed by atoms with Gasteiger partial charge in [-0.1, -0.05) is 6.07 Å². The zero-order valence-electron chi connectivity index (χ0n) is 9.61. The first kappa shape index (κ1) is 10.9. The predicted molar refractivity (Wildman–Crippen MR) is 68.2 cm³/mol. The number of nitrogens with one attached hydrogen (secondary N) is 1. The normalized spacial score (nSPS) is 21.4. The fraction of sp³-hybridized carbons (Fsp3) is 0.417. The van der Waals surface area contributed by atoms with Gasteiger partial charge in [-0.3, -0.25) is 0 Å². The SMILES string of the molecule is CN1CCC(n2c(=S)[nH]c3c(F)cccc32)C1. The molecule has 1 N–H and O–H groups in total. The van der Waals surface area contributed by atoms with Crippen LogP contribution in [0.25, 0.3) is 11.0 Å². The van der Waals surface area contributed by atoms with Gasteiger partial charge in [-0.05, 0) is 44.4 Å². The van der Waals surface area contributed by atoms with Gasteiger partial charge in [0.1, 0.15) is 11.3 Å². The van der Waals surface area contributed by atoms with E-state index < -0.39 is 0 Å². The molecular weight excluding hydrogens is 237 g/mol. The minimum Gasteiger partial charge on any atom is -0.328 e. The molecule has 1 saturated heterocycles. The number of nitrogens with zero attached hydrogens (tertiary/aromatic N) is 2. The average molecular weight is 251 g/mol. The van der Waals surface area contributed by atoms with Crippen LogP contribution in [-0.4, -0.2) is 34.6 Å². The number of fused-ring (bicyclic) bond motifs is 1. The molecule has 1 unspecified atom stereocenters. The van der Waals surface area contributed by atoms with E-state index in [1.54, 1.807) is 6.07 Å². The van der Waals surface area contributed by atoms with E-state index in [0.717, 1.165) is 25.0 Å². The van der Waals surface area contributed by atoms with E-state index >= 15 is 0 Å². The minimum absolute atomic E-state index is 0.237. The number of benzene rings is 1. The van der Waals surface area contributed by atoms with Gasteiger partial charge < -0.3 is 14.5 Å².